The lowest BCUT2D eigenvalue weighted by molar-refractivity contribution is 0.309. The number of nitrogens with two attached hydrogens (primary N) is 1. The number of nitrogens with one attached hydrogen (secondary N) is 2. The Hall–Kier alpha value is -1.59. The van der Waals surface area contributed by atoms with Crippen LogP contribution in [0, 0.1) is 0 Å². The van der Waals surface area contributed by atoms with Crippen molar-refractivity contribution in [2.45, 2.75) is 39.8 Å². The quantitative estimate of drug-likeness (QED) is 0.350. The van der Waals surface area contributed by atoms with E-state index in [-0.39, 0.29) is 0 Å². The van der Waals surface area contributed by atoms with E-state index in [1.807, 2.05) is 24.3 Å². The largest absolute Gasteiger partial charge is 0.492 e. The molecule has 0 heterocycles. The van der Waals surface area contributed by atoms with E-state index in [1.165, 1.54) is 0 Å². The standard InChI is InChI=1S/C17H30N4O/c1-13(2)19-9-10-21-17(18)15-5-7-16(8-6-15)22-12-11-20-14(3)4/h5-8,13-14,19-20H,9-12H2,1-4H3,(H2,18,21). The molecule has 1 aromatic carbocycles. The molecular weight excluding hydrogens is 276 g/mol. The van der Waals surface area contributed by atoms with E-state index in [0.29, 0.717) is 31.1 Å². The van der Waals surface area contributed by atoms with Gasteiger partial charge >= 0.3 is 0 Å². The third-order valence-electron chi connectivity index (χ3n) is 3.02. The Labute approximate surface area is 134 Å². The summed E-state index contributed by atoms with van der Waals surface area (Å²) >= 11 is 0. The van der Waals surface area contributed by atoms with Crippen molar-refractivity contribution in [3.05, 3.63) is 29.8 Å². The van der Waals surface area contributed by atoms with Crippen molar-refractivity contribution in [3.8, 4) is 5.75 Å². The summed E-state index contributed by atoms with van der Waals surface area (Å²) in [5.41, 5.74) is 6.92. The van der Waals surface area contributed by atoms with Crippen LogP contribution in [0.4, 0.5) is 0 Å². The van der Waals surface area contributed by atoms with Gasteiger partial charge in [0.15, 0.2) is 0 Å². The molecule has 22 heavy (non-hydrogen) atoms. The van der Waals surface area contributed by atoms with Crippen molar-refractivity contribution in [1.29, 1.82) is 0 Å². The van der Waals surface area contributed by atoms with E-state index in [2.05, 4.69) is 43.3 Å². The summed E-state index contributed by atoms with van der Waals surface area (Å²) in [5, 5.41) is 6.62. The fourth-order valence-electron chi connectivity index (χ4n) is 1.86. The zero-order valence-corrected chi connectivity index (χ0v) is 14.2. The van der Waals surface area contributed by atoms with Gasteiger partial charge in [-0.1, -0.05) is 27.7 Å². The van der Waals surface area contributed by atoms with E-state index in [0.717, 1.165) is 24.4 Å². The summed E-state index contributed by atoms with van der Waals surface area (Å²) in [6.07, 6.45) is 0. The van der Waals surface area contributed by atoms with Crippen molar-refractivity contribution < 1.29 is 4.74 Å². The molecule has 0 atom stereocenters. The van der Waals surface area contributed by atoms with Crippen LogP contribution in [0.1, 0.15) is 33.3 Å². The molecule has 0 aliphatic heterocycles. The van der Waals surface area contributed by atoms with Crippen LogP contribution in [-0.4, -0.2) is 44.2 Å². The number of rotatable bonds is 10. The van der Waals surface area contributed by atoms with Crippen molar-refractivity contribution in [1.82, 2.24) is 10.6 Å². The number of nitrogens with zero attached hydrogens (tertiary/aromatic N) is 1. The number of ether oxygens (including phenoxy) is 1. The van der Waals surface area contributed by atoms with E-state index in [9.17, 15) is 0 Å². The maximum absolute atomic E-state index is 5.99. The van der Waals surface area contributed by atoms with Crippen LogP contribution < -0.4 is 21.1 Å². The van der Waals surface area contributed by atoms with Crippen LogP contribution in [0.2, 0.25) is 0 Å². The van der Waals surface area contributed by atoms with Gasteiger partial charge in [-0.25, -0.2) is 0 Å². The summed E-state index contributed by atoms with van der Waals surface area (Å²) in [6.45, 7) is 11.5. The summed E-state index contributed by atoms with van der Waals surface area (Å²) in [4.78, 5) is 4.37. The van der Waals surface area contributed by atoms with E-state index >= 15 is 0 Å². The Bertz CT molecular complexity index is 440. The van der Waals surface area contributed by atoms with Crippen LogP contribution in [0.3, 0.4) is 0 Å². The van der Waals surface area contributed by atoms with Gasteiger partial charge < -0.3 is 21.1 Å². The molecule has 0 amide bonds. The van der Waals surface area contributed by atoms with Gasteiger partial charge in [0.2, 0.25) is 0 Å². The van der Waals surface area contributed by atoms with E-state index < -0.39 is 0 Å². The summed E-state index contributed by atoms with van der Waals surface area (Å²) in [6, 6.07) is 8.70. The average Bonchev–Trinajstić information content (AvgIpc) is 2.48. The van der Waals surface area contributed by atoms with Gasteiger partial charge in [-0.2, -0.15) is 0 Å². The lowest BCUT2D eigenvalue weighted by Crippen LogP contribution is -2.27. The number of hydrogen-bond donors (Lipinski definition) is 3. The minimum atomic E-state index is 0.470. The van der Waals surface area contributed by atoms with Gasteiger partial charge in [0.25, 0.3) is 0 Å². The molecule has 0 aliphatic carbocycles. The van der Waals surface area contributed by atoms with Crippen LogP contribution in [-0.2, 0) is 0 Å². The molecular formula is C17H30N4O. The molecule has 1 rings (SSSR count). The normalized spacial score (nSPS) is 12.2. The van der Waals surface area contributed by atoms with E-state index in [1.54, 1.807) is 0 Å². The molecule has 0 unspecified atom stereocenters. The van der Waals surface area contributed by atoms with Gasteiger partial charge in [-0.05, 0) is 24.3 Å². The lowest BCUT2D eigenvalue weighted by atomic mass is 10.2. The molecule has 1 aromatic rings. The Kier molecular flexibility index (Phi) is 8.55. The van der Waals surface area contributed by atoms with Crippen LogP contribution in [0.25, 0.3) is 0 Å². The molecule has 0 spiro atoms. The number of aliphatic imine (C=N–C) groups is 1. The monoisotopic (exact) mass is 306 g/mol. The molecule has 0 aromatic heterocycles. The summed E-state index contributed by atoms with van der Waals surface area (Å²) in [5.74, 6) is 1.42. The molecule has 0 aliphatic rings. The fraction of sp³-hybridized carbons (Fsp3) is 0.588. The summed E-state index contributed by atoms with van der Waals surface area (Å²) < 4.78 is 5.66. The van der Waals surface area contributed by atoms with Crippen molar-refractivity contribution in [2.75, 3.05) is 26.2 Å². The Morgan fingerprint density at radius 2 is 1.64 bits per heavy atom. The first-order chi connectivity index (χ1) is 10.5. The highest BCUT2D eigenvalue weighted by molar-refractivity contribution is 5.97. The minimum absolute atomic E-state index is 0.470. The predicted molar refractivity (Wildman–Crippen MR) is 93.8 cm³/mol. The topological polar surface area (TPSA) is 71.7 Å². The van der Waals surface area contributed by atoms with Gasteiger partial charge in [0, 0.05) is 30.7 Å². The first-order valence-corrected chi connectivity index (χ1v) is 7.99. The third kappa shape index (κ3) is 8.00. The first-order valence-electron chi connectivity index (χ1n) is 7.99. The average molecular weight is 306 g/mol. The predicted octanol–water partition coefficient (Wildman–Crippen LogP) is 1.77. The second kappa shape index (κ2) is 10.2. The number of hydrogen-bond acceptors (Lipinski definition) is 4. The Morgan fingerprint density at radius 3 is 2.23 bits per heavy atom. The van der Waals surface area contributed by atoms with Crippen molar-refractivity contribution in [3.63, 3.8) is 0 Å². The van der Waals surface area contributed by atoms with Gasteiger partial charge in [-0.3, -0.25) is 4.99 Å². The highest BCUT2D eigenvalue weighted by Crippen LogP contribution is 2.11. The van der Waals surface area contributed by atoms with Crippen molar-refractivity contribution >= 4 is 5.84 Å². The Morgan fingerprint density at radius 1 is 1.05 bits per heavy atom. The maximum atomic E-state index is 5.99. The zero-order chi connectivity index (χ0) is 16.4. The second-order valence-corrected chi connectivity index (χ2v) is 5.86. The van der Waals surface area contributed by atoms with Crippen LogP contribution in [0.5, 0.6) is 5.75 Å². The van der Waals surface area contributed by atoms with Crippen LogP contribution >= 0.6 is 0 Å². The van der Waals surface area contributed by atoms with Crippen molar-refractivity contribution in [2.24, 2.45) is 10.7 Å². The van der Waals surface area contributed by atoms with Gasteiger partial charge in [0.05, 0.1) is 6.54 Å². The lowest BCUT2D eigenvalue weighted by Gasteiger charge is -2.10. The molecule has 4 N–H and O–H groups in total. The van der Waals surface area contributed by atoms with Gasteiger partial charge in [-0.15, -0.1) is 0 Å². The smallest absolute Gasteiger partial charge is 0.125 e. The molecule has 0 saturated heterocycles. The second-order valence-electron chi connectivity index (χ2n) is 5.86. The van der Waals surface area contributed by atoms with Gasteiger partial charge in [0.1, 0.15) is 18.2 Å². The SMILES string of the molecule is CC(C)NCCN=C(N)c1ccc(OCCNC(C)C)cc1. The zero-order valence-electron chi connectivity index (χ0n) is 14.2. The molecule has 124 valence electrons. The molecule has 0 fully saturated rings. The maximum Gasteiger partial charge on any atom is 0.125 e. The van der Waals surface area contributed by atoms with E-state index in [4.69, 9.17) is 10.5 Å². The highest BCUT2D eigenvalue weighted by Gasteiger charge is 2.00. The first kappa shape index (κ1) is 18.5. The minimum Gasteiger partial charge on any atom is -0.492 e. The molecule has 0 bridgehead atoms. The molecule has 0 saturated carbocycles. The fourth-order valence-corrected chi connectivity index (χ4v) is 1.86. The number of benzene rings is 1. The van der Waals surface area contributed by atoms with Crippen LogP contribution in [0.15, 0.2) is 29.3 Å². The molecule has 5 nitrogen and oxygen atoms in total. The third-order valence-corrected chi connectivity index (χ3v) is 3.02. The molecule has 5 heteroatoms. The summed E-state index contributed by atoms with van der Waals surface area (Å²) in [7, 11) is 0. The number of amidine groups is 1. The highest BCUT2D eigenvalue weighted by atomic mass is 16.5. The molecule has 0 radical (unpaired) electrons. The Balaban J connectivity index is 2.38.